The number of hydrogen-bond donors (Lipinski definition) is 0. The summed E-state index contributed by atoms with van der Waals surface area (Å²) in [6, 6.07) is 0. The van der Waals surface area contributed by atoms with E-state index in [1.807, 2.05) is 0 Å². The Bertz CT molecular complexity index is 474. The van der Waals surface area contributed by atoms with Crippen molar-refractivity contribution in [3.05, 3.63) is 0 Å². The molecule has 0 aliphatic rings. The second-order valence-corrected chi connectivity index (χ2v) is 6.23. The monoisotopic (exact) mass is 380 g/mol. The summed E-state index contributed by atoms with van der Waals surface area (Å²) in [5.74, 6) is -3.51. The highest BCUT2D eigenvalue weighted by atomic mass is 19.4. The van der Waals surface area contributed by atoms with Crippen LogP contribution in [0.4, 0.5) is 26.3 Å². The number of alkyl halides is 6. The molecule has 4 unspecified atom stereocenters. The van der Waals surface area contributed by atoms with Crippen LogP contribution in [0.15, 0.2) is 0 Å². The molecule has 4 nitrogen and oxygen atoms in total. The van der Waals surface area contributed by atoms with Crippen LogP contribution in [0.25, 0.3) is 0 Å². The van der Waals surface area contributed by atoms with E-state index in [0.717, 1.165) is 0 Å². The normalized spacial score (nSPS) is 18.7. The Labute approximate surface area is 141 Å². The standard InChI is InChI=1S/C15H22F6O4/c1-6-13(5,12(23)25-10(4)15(19,20)21)7-8(2)11(22)24-9(3)14(16,17)18/h8-10H,6-7H2,1-5H3. The van der Waals surface area contributed by atoms with Crippen molar-refractivity contribution in [1.82, 2.24) is 0 Å². The molecule has 0 N–H and O–H groups in total. The number of hydrogen-bond acceptors (Lipinski definition) is 4. The number of esters is 2. The topological polar surface area (TPSA) is 52.6 Å². The summed E-state index contributed by atoms with van der Waals surface area (Å²) in [5.41, 5.74) is -1.47. The molecular formula is C15H22F6O4. The van der Waals surface area contributed by atoms with E-state index in [4.69, 9.17) is 0 Å². The summed E-state index contributed by atoms with van der Waals surface area (Å²) < 4.78 is 83.4. The van der Waals surface area contributed by atoms with E-state index in [-0.39, 0.29) is 12.8 Å². The third-order valence-corrected chi connectivity index (χ3v) is 3.93. The molecule has 0 saturated carbocycles. The Morgan fingerprint density at radius 2 is 1.28 bits per heavy atom. The molecule has 10 heteroatoms. The van der Waals surface area contributed by atoms with E-state index in [1.54, 1.807) is 0 Å². The zero-order valence-electron chi connectivity index (χ0n) is 14.5. The van der Waals surface area contributed by atoms with Gasteiger partial charge in [-0.3, -0.25) is 9.59 Å². The van der Waals surface area contributed by atoms with Gasteiger partial charge in [0.25, 0.3) is 0 Å². The van der Waals surface area contributed by atoms with Crippen LogP contribution in [-0.4, -0.2) is 36.5 Å². The second kappa shape index (κ2) is 8.27. The molecule has 4 atom stereocenters. The van der Waals surface area contributed by atoms with Crippen molar-refractivity contribution in [3.63, 3.8) is 0 Å². The Kier molecular flexibility index (Phi) is 7.78. The van der Waals surface area contributed by atoms with Gasteiger partial charge >= 0.3 is 24.3 Å². The molecule has 148 valence electrons. The summed E-state index contributed by atoms with van der Waals surface area (Å²) in [6.45, 7) is 5.34. The number of rotatable bonds is 7. The smallest absolute Gasteiger partial charge is 0.425 e. The zero-order valence-corrected chi connectivity index (χ0v) is 14.5. The van der Waals surface area contributed by atoms with E-state index in [2.05, 4.69) is 9.47 Å². The van der Waals surface area contributed by atoms with Crippen molar-refractivity contribution in [3.8, 4) is 0 Å². The van der Waals surface area contributed by atoms with Gasteiger partial charge in [0.05, 0.1) is 11.3 Å². The van der Waals surface area contributed by atoms with Crippen LogP contribution in [0, 0.1) is 11.3 Å². The van der Waals surface area contributed by atoms with E-state index in [0.29, 0.717) is 13.8 Å². The average Bonchev–Trinajstić information content (AvgIpc) is 2.44. The van der Waals surface area contributed by atoms with Crippen LogP contribution in [0.2, 0.25) is 0 Å². The van der Waals surface area contributed by atoms with Crippen molar-refractivity contribution < 1.29 is 45.4 Å². The van der Waals surface area contributed by atoms with Gasteiger partial charge in [-0.25, -0.2) is 0 Å². The summed E-state index contributed by atoms with van der Waals surface area (Å²) in [7, 11) is 0. The third-order valence-electron chi connectivity index (χ3n) is 3.93. The molecule has 0 saturated heterocycles. The number of carbonyl (C=O) groups is 2. The molecule has 0 aromatic carbocycles. The van der Waals surface area contributed by atoms with Crippen LogP contribution in [0.1, 0.15) is 47.5 Å². The van der Waals surface area contributed by atoms with E-state index in [1.165, 1.54) is 20.8 Å². The van der Waals surface area contributed by atoms with E-state index >= 15 is 0 Å². The minimum atomic E-state index is -4.74. The van der Waals surface area contributed by atoms with Crippen molar-refractivity contribution in [2.24, 2.45) is 11.3 Å². The SMILES string of the molecule is CCC(C)(CC(C)C(=O)OC(C)C(F)(F)F)C(=O)OC(C)C(F)(F)F. The van der Waals surface area contributed by atoms with Crippen LogP contribution < -0.4 is 0 Å². The third kappa shape index (κ3) is 7.11. The van der Waals surface area contributed by atoms with Crippen molar-refractivity contribution in [2.75, 3.05) is 0 Å². The molecule has 0 amide bonds. The second-order valence-electron chi connectivity index (χ2n) is 6.23. The highest BCUT2D eigenvalue weighted by Gasteiger charge is 2.45. The number of carbonyl (C=O) groups excluding carboxylic acids is 2. The minimum Gasteiger partial charge on any atom is -0.453 e. The Morgan fingerprint density at radius 1 is 0.880 bits per heavy atom. The van der Waals surface area contributed by atoms with Gasteiger partial charge in [0.2, 0.25) is 0 Å². The van der Waals surface area contributed by atoms with E-state index in [9.17, 15) is 35.9 Å². The predicted octanol–water partition coefficient (Wildman–Crippen LogP) is 4.42. The zero-order chi connectivity index (χ0) is 20.2. The first-order valence-electron chi connectivity index (χ1n) is 7.59. The maximum atomic E-state index is 12.5. The first kappa shape index (κ1) is 23.5. The lowest BCUT2D eigenvalue weighted by Crippen LogP contribution is -2.40. The molecule has 0 aromatic heterocycles. The van der Waals surface area contributed by atoms with Crippen molar-refractivity contribution >= 4 is 11.9 Å². The lowest BCUT2D eigenvalue weighted by molar-refractivity contribution is -0.223. The highest BCUT2D eigenvalue weighted by molar-refractivity contribution is 5.78. The molecule has 0 fully saturated rings. The highest BCUT2D eigenvalue weighted by Crippen LogP contribution is 2.34. The molecule has 0 aromatic rings. The lowest BCUT2D eigenvalue weighted by atomic mass is 9.79. The molecule has 0 aliphatic heterocycles. The van der Waals surface area contributed by atoms with Gasteiger partial charge < -0.3 is 9.47 Å². The molecule has 0 aliphatic carbocycles. The summed E-state index contributed by atoms with van der Waals surface area (Å²) in [6.07, 6.45) is -14.4. The van der Waals surface area contributed by atoms with Crippen LogP contribution in [-0.2, 0) is 19.1 Å². The van der Waals surface area contributed by atoms with Crippen LogP contribution in [0.3, 0.4) is 0 Å². The number of halogens is 6. The van der Waals surface area contributed by atoms with E-state index < -0.39 is 47.8 Å². The van der Waals surface area contributed by atoms with Gasteiger partial charge in [-0.1, -0.05) is 13.8 Å². The van der Waals surface area contributed by atoms with Gasteiger partial charge in [-0.15, -0.1) is 0 Å². The maximum Gasteiger partial charge on any atom is 0.425 e. The predicted molar refractivity (Wildman–Crippen MR) is 75.4 cm³/mol. The lowest BCUT2D eigenvalue weighted by Gasteiger charge is -2.30. The fourth-order valence-electron chi connectivity index (χ4n) is 1.86. The molecule has 0 rings (SSSR count). The largest absolute Gasteiger partial charge is 0.453 e. The number of ether oxygens (including phenoxy) is 2. The molecule has 25 heavy (non-hydrogen) atoms. The van der Waals surface area contributed by atoms with Gasteiger partial charge in [-0.2, -0.15) is 26.3 Å². The Balaban J connectivity index is 4.99. The van der Waals surface area contributed by atoms with Gasteiger partial charge in [0.15, 0.2) is 12.2 Å². The average molecular weight is 380 g/mol. The van der Waals surface area contributed by atoms with Gasteiger partial charge in [0, 0.05) is 0 Å². The van der Waals surface area contributed by atoms with Crippen LogP contribution >= 0.6 is 0 Å². The molecular weight excluding hydrogens is 358 g/mol. The minimum absolute atomic E-state index is 0.0306. The Hall–Kier alpha value is -1.48. The fourth-order valence-corrected chi connectivity index (χ4v) is 1.86. The fraction of sp³-hybridized carbons (Fsp3) is 0.867. The molecule has 0 radical (unpaired) electrons. The maximum absolute atomic E-state index is 12.5. The molecule has 0 spiro atoms. The first-order valence-corrected chi connectivity index (χ1v) is 7.59. The van der Waals surface area contributed by atoms with Crippen LogP contribution in [0.5, 0.6) is 0 Å². The first-order chi connectivity index (χ1) is 11.0. The van der Waals surface area contributed by atoms with Crippen molar-refractivity contribution in [1.29, 1.82) is 0 Å². The van der Waals surface area contributed by atoms with Gasteiger partial charge in [-0.05, 0) is 33.6 Å². The Morgan fingerprint density at radius 3 is 1.64 bits per heavy atom. The summed E-state index contributed by atoms with van der Waals surface area (Å²) in [4.78, 5) is 23.8. The summed E-state index contributed by atoms with van der Waals surface area (Å²) >= 11 is 0. The summed E-state index contributed by atoms with van der Waals surface area (Å²) in [5, 5.41) is 0. The van der Waals surface area contributed by atoms with Gasteiger partial charge in [0.1, 0.15) is 0 Å². The quantitative estimate of drug-likeness (QED) is 0.485. The molecule has 0 bridgehead atoms. The van der Waals surface area contributed by atoms with Crippen molar-refractivity contribution in [2.45, 2.75) is 72.0 Å². The molecule has 0 heterocycles.